The molecule has 0 saturated carbocycles. The van der Waals surface area contributed by atoms with E-state index in [9.17, 15) is 0 Å². The van der Waals surface area contributed by atoms with Gasteiger partial charge in [-0.3, -0.25) is 4.68 Å². The highest BCUT2D eigenvalue weighted by Crippen LogP contribution is 2.24. The zero-order valence-electron chi connectivity index (χ0n) is 16.9. The summed E-state index contributed by atoms with van der Waals surface area (Å²) in [6.45, 7) is 8.16. The van der Waals surface area contributed by atoms with E-state index in [2.05, 4.69) is 40.0 Å². The third-order valence-corrected chi connectivity index (χ3v) is 5.37. The highest BCUT2D eigenvalue weighted by atomic mass is 15.3. The molecule has 0 aliphatic carbocycles. The second kappa shape index (κ2) is 8.18. The van der Waals surface area contributed by atoms with Crippen molar-refractivity contribution in [2.45, 2.75) is 39.2 Å². The summed E-state index contributed by atoms with van der Waals surface area (Å²) in [5, 5.41) is 19.5. The zero-order valence-corrected chi connectivity index (χ0v) is 16.9. The lowest BCUT2D eigenvalue weighted by Crippen LogP contribution is -2.31. The van der Waals surface area contributed by atoms with Gasteiger partial charge in [0.2, 0.25) is 0 Å². The molecule has 3 aromatic rings. The lowest BCUT2D eigenvalue weighted by atomic mass is 9.98. The van der Waals surface area contributed by atoms with Gasteiger partial charge in [-0.1, -0.05) is 13.8 Å². The molecule has 1 aliphatic rings. The van der Waals surface area contributed by atoms with Gasteiger partial charge in [0.25, 0.3) is 0 Å². The van der Waals surface area contributed by atoms with E-state index in [1.807, 2.05) is 40.8 Å². The first-order chi connectivity index (χ1) is 13.6. The van der Waals surface area contributed by atoms with Gasteiger partial charge in [0.1, 0.15) is 11.6 Å². The van der Waals surface area contributed by atoms with Gasteiger partial charge in [0.15, 0.2) is 5.65 Å². The number of aromatic nitrogens is 5. The largest absolute Gasteiger partial charge is 0.370 e. The lowest BCUT2D eigenvalue weighted by molar-refractivity contribution is 0.389. The van der Waals surface area contributed by atoms with Crippen LogP contribution in [0.15, 0.2) is 24.5 Å². The molecule has 8 nitrogen and oxygen atoms in total. The maximum absolute atomic E-state index is 4.87. The van der Waals surface area contributed by atoms with Gasteiger partial charge < -0.3 is 16.0 Å². The summed E-state index contributed by atoms with van der Waals surface area (Å²) in [6, 6.07) is 4.07. The van der Waals surface area contributed by atoms with Crippen molar-refractivity contribution in [3.63, 3.8) is 0 Å². The Kier molecular flexibility index (Phi) is 5.47. The molecule has 0 aromatic carbocycles. The number of hydrogen-bond donors (Lipinski definition) is 3. The van der Waals surface area contributed by atoms with Gasteiger partial charge >= 0.3 is 0 Å². The van der Waals surface area contributed by atoms with Gasteiger partial charge in [0.05, 0.1) is 18.4 Å². The van der Waals surface area contributed by atoms with Crippen LogP contribution in [0.5, 0.6) is 0 Å². The van der Waals surface area contributed by atoms with Crippen molar-refractivity contribution in [3.8, 4) is 0 Å². The van der Waals surface area contributed by atoms with Gasteiger partial charge in [-0.15, -0.1) is 0 Å². The monoisotopic (exact) mass is 382 g/mol. The first-order valence-electron chi connectivity index (χ1n) is 10.2. The van der Waals surface area contributed by atoms with Crippen LogP contribution in [0.1, 0.15) is 43.9 Å². The molecule has 28 heavy (non-hydrogen) atoms. The molecule has 150 valence electrons. The Morgan fingerprint density at radius 1 is 1.25 bits per heavy atom. The molecule has 0 atom stereocenters. The predicted molar refractivity (Wildman–Crippen MR) is 112 cm³/mol. The third kappa shape index (κ3) is 4.11. The summed E-state index contributed by atoms with van der Waals surface area (Å²) < 4.78 is 3.71. The molecule has 3 N–H and O–H groups in total. The Bertz CT molecular complexity index is 920. The molecular weight excluding hydrogens is 352 g/mol. The minimum Gasteiger partial charge on any atom is -0.370 e. The van der Waals surface area contributed by atoms with E-state index in [-0.39, 0.29) is 0 Å². The standard InChI is InChI=1S/C20H30N8/c1-14(2)17-13-24-28-19(23-12-16-6-9-27(3)26-16)10-18(25-20(17)28)22-11-15-4-7-21-8-5-15/h6,9-10,13-15,21,23H,4-5,7-8,11-12H2,1-3H3,(H,22,25). The number of nitrogens with one attached hydrogen (secondary N) is 3. The Morgan fingerprint density at radius 2 is 2.07 bits per heavy atom. The molecule has 1 saturated heterocycles. The Hall–Kier alpha value is -2.61. The lowest BCUT2D eigenvalue weighted by Gasteiger charge is -2.23. The molecule has 0 amide bonds. The number of rotatable bonds is 7. The van der Waals surface area contributed by atoms with Gasteiger partial charge in [-0.05, 0) is 43.8 Å². The van der Waals surface area contributed by atoms with E-state index in [1.54, 1.807) is 0 Å². The van der Waals surface area contributed by atoms with Crippen LogP contribution in [0, 0.1) is 5.92 Å². The SMILES string of the molecule is CC(C)c1cnn2c(NCc3ccn(C)n3)cc(NCC3CCNCC3)nc12. The molecule has 4 rings (SSSR count). The Labute approximate surface area is 165 Å². The first kappa shape index (κ1) is 18.7. The highest BCUT2D eigenvalue weighted by Gasteiger charge is 2.16. The van der Waals surface area contributed by atoms with Crippen molar-refractivity contribution < 1.29 is 0 Å². The number of hydrogen-bond acceptors (Lipinski definition) is 6. The molecule has 1 fully saturated rings. The number of piperidine rings is 1. The van der Waals surface area contributed by atoms with Crippen molar-refractivity contribution in [1.29, 1.82) is 0 Å². The van der Waals surface area contributed by atoms with Crippen LogP contribution in [0.3, 0.4) is 0 Å². The molecule has 8 heteroatoms. The second-order valence-corrected chi connectivity index (χ2v) is 7.93. The molecule has 1 aliphatic heterocycles. The van der Waals surface area contributed by atoms with Crippen molar-refractivity contribution >= 4 is 17.3 Å². The topological polar surface area (TPSA) is 84.1 Å². The van der Waals surface area contributed by atoms with Crippen molar-refractivity contribution in [3.05, 3.63) is 35.8 Å². The number of fused-ring (bicyclic) bond motifs is 1. The molecule has 3 aromatic heterocycles. The van der Waals surface area contributed by atoms with Gasteiger partial charge in [-0.25, -0.2) is 4.98 Å². The number of anilines is 2. The molecular formula is C20H30N8. The summed E-state index contributed by atoms with van der Waals surface area (Å²) >= 11 is 0. The third-order valence-electron chi connectivity index (χ3n) is 5.37. The van der Waals surface area contributed by atoms with E-state index in [1.165, 1.54) is 12.8 Å². The van der Waals surface area contributed by atoms with E-state index in [0.29, 0.717) is 18.4 Å². The molecule has 0 radical (unpaired) electrons. The van der Waals surface area contributed by atoms with E-state index in [4.69, 9.17) is 4.98 Å². The fourth-order valence-corrected chi connectivity index (χ4v) is 3.68. The average Bonchev–Trinajstić information content (AvgIpc) is 3.31. The predicted octanol–water partition coefficient (Wildman–Crippen LogP) is 2.61. The Balaban J connectivity index is 1.58. The van der Waals surface area contributed by atoms with Crippen LogP contribution in [-0.2, 0) is 13.6 Å². The van der Waals surface area contributed by atoms with Crippen molar-refractivity contribution in [2.75, 3.05) is 30.3 Å². The van der Waals surface area contributed by atoms with Crippen LogP contribution in [-0.4, -0.2) is 44.0 Å². The van der Waals surface area contributed by atoms with E-state index in [0.717, 1.165) is 48.2 Å². The molecule has 4 heterocycles. The van der Waals surface area contributed by atoms with Crippen LogP contribution < -0.4 is 16.0 Å². The fraction of sp³-hybridized carbons (Fsp3) is 0.550. The maximum Gasteiger partial charge on any atom is 0.163 e. The van der Waals surface area contributed by atoms with Crippen LogP contribution in [0.2, 0.25) is 0 Å². The van der Waals surface area contributed by atoms with Crippen molar-refractivity contribution in [1.82, 2.24) is 29.7 Å². The Morgan fingerprint density at radius 3 is 2.79 bits per heavy atom. The average molecular weight is 383 g/mol. The molecule has 0 spiro atoms. The summed E-state index contributed by atoms with van der Waals surface area (Å²) in [6.07, 6.45) is 6.30. The fourth-order valence-electron chi connectivity index (χ4n) is 3.68. The van der Waals surface area contributed by atoms with Crippen LogP contribution in [0.4, 0.5) is 11.6 Å². The molecule has 0 bridgehead atoms. The molecule has 0 unspecified atom stereocenters. The normalized spacial score (nSPS) is 15.4. The zero-order chi connectivity index (χ0) is 19.5. The summed E-state index contributed by atoms with van der Waals surface area (Å²) in [5.41, 5.74) is 3.06. The van der Waals surface area contributed by atoms with E-state index < -0.39 is 0 Å². The first-order valence-corrected chi connectivity index (χ1v) is 10.2. The van der Waals surface area contributed by atoms with E-state index >= 15 is 0 Å². The minimum atomic E-state index is 0.369. The van der Waals surface area contributed by atoms with Crippen LogP contribution in [0.25, 0.3) is 5.65 Å². The maximum atomic E-state index is 4.87. The van der Waals surface area contributed by atoms with Crippen molar-refractivity contribution in [2.24, 2.45) is 13.0 Å². The highest BCUT2D eigenvalue weighted by molar-refractivity contribution is 5.61. The quantitative estimate of drug-likeness (QED) is 0.583. The van der Waals surface area contributed by atoms with Gasteiger partial charge in [-0.2, -0.15) is 14.7 Å². The summed E-state index contributed by atoms with van der Waals surface area (Å²) in [7, 11) is 1.93. The van der Waals surface area contributed by atoms with Gasteiger partial charge in [0, 0.05) is 31.4 Å². The summed E-state index contributed by atoms with van der Waals surface area (Å²) in [4.78, 5) is 4.87. The second-order valence-electron chi connectivity index (χ2n) is 7.93. The smallest absolute Gasteiger partial charge is 0.163 e. The minimum absolute atomic E-state index is 0.369. The van der Waals surface area contributed by atoms with Crippen LogP contribution >= 0.6 is 0 Å². The number of nitrogens with zero attached hydrogens (tertiary/aromatic N) is 5. The number of aryl methyl sites for hydroxylation is 1. The summed E-state index contributed by atoms with van der Waals surface area (Å²) in [5.74, 6) is 2.89.